The van der Waals surface area contributed by atoms with Crippen LogP contribution in [-0.4, -0.2) is 32.2 Å². The van der Waals surface area contributed by atoms with Gasteiger partial charge in [0.2, 0.25) is 5.91 Å². The second-order valence-electron chi connectivity index (χ2n) is 6.72. The second kappa shape index (κ2) is 7.25. The smallest absolute Gasteiger partial charge is 0.224 e. The molecule has 1 aliphatic carbocycles. The molecule has 3 atom stereocenters. The Morgan fingerprint density at radius 3 is 2.68 bits per heavy atom. The highest BCUT2D eigenvalue weighted by Gasteiger charge is 2.34. The predicted molar refractivity (Wildman–Crippen MR) is 77.8 cm³/mol. The average Bonchev–Trinajstić information content (AvgIpc) is 2.34. The molecule has 0 spiro atoms. The van der Waals surface area contributed by atoms with Gasteiger partial charge in [-0.2, -0.15) is 0 Å². The number of amides is 1. The van der Waals surface area contributed by atoms with Crippen LogP contribution in [0.5, 0.6) is 0 Å². The summed E-state index contributed by atoms with van der Waals surface area (Å²) >= 11 is 0. The van der Waals surface area contributed by atoms with Crippen LogP contribution in [0.3, 0.4) is 0 Å². The van der Waals surface area contributed by atoms with E-state index in [-0.39, 0.29) is 23.3 Å². The Morgan fingerprint density at radius 2 is 2.11 bits per heavy atom. The van der Waals surface area contributed by atoms with E-state index in [2.05, 4.69) is 26.1 Å². The molecule has 0 aromatic carbocycles. The zero-order valence-electron chi connectivity index (χ0n) is 12.9. The molecule has 0 aromatic heterocycles. The van der Waals surface area contributed by atoms with Crippen molar-refractivity contribution in [2.24, 2.45) is 23.0 Å². The van der Waals surface area contributed by atoms with Crippen molar-refractivity contribution in [3.05, 3.63) is 0 Å². The Labute approximate surface area is 117 Å². The third-order valence-corrected chi connectivity index (χ3v) is 4.30. The van der Waals surface area contributed by atoms with Crippen LogP contribution in [-0.2, 0) is 9.53 Å². The van der Waals surface area contributed by atoms with E-state index in [9.17, 15) is 4.79 Å². The monoisotopic (exact) mass is 270 g/mol. The largest absolute Gasteiger partial charge is 0.385 e. The number of carbonyl (C=O) groups excluding carboxylic acids is 1. The minimum absolute atomic E-state index is 0.0193. The Morgan fingerprint density at radius 1 is 1.42 bits per heavy atom. The van der Waals surface area contributed by atoms with Crippen LogP contribution >= 0.6 is 0 Å². The fourth-order valence-corrected chi connectivity index (χ4v) is 2.82. The molecule has 0 aromatic rings. The lowest BCUT2D eigenvalue weighted by Gasteiger charge is -2.34. The summed E-state index contributed by atoms with van der Waals surface area (Å²) in [5.41, 5.74) is 6.17. The van der Waals surface area contributed by atoms with Crippen molar-refractivity contribution in [2.75, 3.05) is 20.3 Å². The minimum Gasteiger partial charge on any atom is -0.385 e. The number of ether oxygens (including phenoxy) is 1. The van der Waals surface area contributed by atoms with Gasteiger partial charge >= 0.3 is 0 Å². The first-order valence-electron chi connectivity index (χ1n) is 7.39. The summed E-state index contributed by atoms with van der Waals surface area (Å²) in [5.74, 6) is 0.503. The standard InChI is InChI=1S/C15H30N2O2/c1-11-6-5-7-12(16)13(11)14(18)17-10-15(2,3)8-9-19-4/h11-13H,5-10,16H2,1-4H3,(H,17,18). The van der Waals surface area contributed by atoms with Crippen LogP contribution in [0.2, 0.25) is 0 Å². The van der Waals surface area contributed by atoms with Crippen LogP contribution in [0.25, 0.3) is 0 Å². The fourth-order valence-electron chi connectivity index (χ4n) is 2.82. The summed E-state index contributed by atoms with van der Waals surface area (Å²) in [6.45, 7) is 7.85. The summed E-state index contributed by atoms with van der Waals surface area (Å²) in [7, 11) is 1.71. The lowest BCUT2D eigenvalue weighted by molar-refractivity contribution is -0.128. The molecule has 1 saturated carbocycles. The number of methoxy groups -OCH3 is 1. The van der Waals surface area contributed by atoms with Gasteiger partial charge in [0.05, 0.1) is 5.92 Å². The Kier molecular flexibility index (Phi) is 6.27. The molecule has 0 radical (unpaired) electrons. The molecule has 0 heterocycles. The number of carbonyl (C=O) groups is 1. The Balaban J connectivity index is 2.45. The molecule has 0 aliphatic heterocycles. The van der Waals surface area contributed by atoms with Gasteiger partial charge in [0, 0.05) is 26.3 Å². The first kappa shape index (κ1) is 16.4. The van der Waals surface area contributed by atoms with Gasteiger partial charge < -0.3 is 15.8 Å². The molecule has 0 bridgehead atoms. The van der Waals surface area contributed by atoms with Crippen molar-refractivity contribution >= 4 is 5.91 Å². The van der Waals surface area contributed by atoms with E-state index >= 15 is 0 Å². The van der Waals surface area contributed by atoms with E-state index < -0.39 is 0 Å². The summed E-state index contributed by atoms with van der Waals surface area (Å²) in [6.07, 6.45) is 4.16. The maximum absolute atomic E-state index is 12.3. The molecule has 1 fully saturated rings. The average molecular weight is 270 g/mol. The lowest BCUT2D eigenvalue weighted by Crippen LogP contribution is -2.49. The molecule has 0 saturated heterocycles. The molecular formula is C15H30N2O2. The van der Waals surface area contributed by atoms with Gasteiger partial charge in [-0.1, -0.05) is 27.2 Å². The van der Waals surface area contributed by atoms with E-state index in [4.69, 9.17) is 10.5 Å². The van der Waals surface area contributed by atoms with Crippen LogP contribution < -0.4 is 11.1 Å². The van der Waals surface area contributed by atoms with E-state index in [1.807, 2.05) is 0 Å². The summed E-state index contributed by atoms with van der Waals surface area (Å²) in [6, 6.07) is 0.0193. The fraction of sp³-hybridized carbons (Fsp3) is 0.933. The number of nitrogens with one attached hydrogen (secondary N) is 1. The topological polar surface area (TPSA) is 64.3 Å². The van der Waals surface area contributed by atoms with Crippen LogP contribution in [0.1, 0.15) is 46.5 Å². The van der Waals surface area contributed by atoms with Crippen molar-refractivity contribution in [1.82, 2.24) is 5.32 Å². The number of hydrogen-bond donors (Lipinski definition) is 2. The van der Waals surface area contributed by atoms with Crippen LogP contribution in [0.4, 0.5) is 0 Å². The third kappa shape index (κ3) is 5.11. The minimum atomic E-state index is -0.0213. The van der Waals surface area contributed by atoms with Crippen molar-refractivity contribution in [3.8, 4) is 0 Å². The molecule has 1 amide bonds. The first-order chi connectivity index (χ1) is 8.87. The van der Waals surface area contributed by atoms with Crippen LogP contribution in [0.15, 0.2) is 0 Å². The summed E-state index contributed by atoms with van der Waals surface area (Å²) in [5, 5.41) is 3.09. The van der Waals surface area contributed by atoms with Crippen molar-refractivity contribution in [3.63, 3.8) is 0 Å². The molecule has 112 valence electrons. The Hall–Kier alpha value is -0.610. The van der Waals surface area contributed by atoms with E-state index in [0.29, 0.717) is 12.5 Å². The number of nitrogens with two attached hydrogens (primary N) is 1. The van der Waals surface area contributed by atoms with E-state index in [1.54, 1.807) is 7.11 Å². The van der Waals surface area contributed by atoms with Gasteiger partial charge in [0.15, 0.2) is 0 Å². The molecule has 4 nitrogen and oxygen atoms in total. The van der Waals surface area contributed by atoms with E-state index in [1.165, 1.54) is 0 Å². The van der Waals surface area contributed by atoms with E-state index in [0.717, 1.165) is 32.3 Å². The van der Waals surface area contributed by atoms with Gasteiger partial charge in [0.25, 0.3) is 0 Å². The molecule has 19 heavy (non-hydrogen) atoms. The van der Waals surface area contributed by atoms with Gasteiger partial charge in [-0.25, -0.2) is 0 Å². The quantitative estimate of drug-likeness (QED) is 0.775. The molecule has 3 N–H and O–H groups in total. The molecule has 4 heteroatoms. The normalized spacial score (nSPS) is 28.2. The lowest BCUT2D eigenvalue weighted by atomic mass is 9.76. The number of rotatable bonds is 6. The second-order valence-corrected chi connectivity index (χ2v) is 6.72. The zero-order chi connectivity index (χ0) is 14.5. The summed E-state index contributed by atoms with van der Waals surface area (Å²) in [4.78, 5) is 12.3. The molecular weight excluding hydrogens is 240 g/mol. The molecule has 1 aliphatic rings. The maximum atomic E-state index is 12.3. The SMILES string of the molecule is COCCC(C)(C)CNC(=O)C1C(C)CCCC1N. The van der Waals surface area contributed by atoms with Gasteiger partial charge in [0.1, 0.15) is 0 Å². The van der Waals surface area contributed by atoms with Gasteiger partial charge in [-0.3, -0.25) is 4.79 Å². The van der Waals surface area contributed by atoms with Crippen molar-refractivity contribution in [2.45, 2.75) is 52.5 Å². The highest BCUT2D eigenvalue weighted by atomic mass is 16.5. The molecule has 3 unspecified atom stereocenters. The molecule has 1 rings (SSSR count). The zero-order valence-corrected chi connectivity index (χ0v) is 12.9. The van der Waals surface area contributed by atoms with Crippen LogP contribution in [0, 0.1) is 17.3 Å². The predicted octanol–water partition coefficient (Wildman–Crippen LogP) is 1.93. The van der Waals surface area contributed by atoms with Crippen molar-refractivity contribution in [1.29, 1.82) is 0 Å². The summed E-state index contributed by atoms with van der Waals surface area (Å²) < 4.78 is 5.10. The van der Waals surface area contributed by atoms with Crippen molar-refractivity contribution < 1.29 is 9.53 Å². The maximum Gasteiger partial charge on any atom is 0.224 e. The highest BCUT2D eigenvalue weighted by molar-refractivity contribution is 5.79. The Bertz CT molecular complexity index is 282. The highest BCUT2D eigenvalue weighted by Crippen LogP contribution is 2.29. The van der Waals surface area contributed by atoms with Gasteiger partial charge in [-0.05, 0) is 30.6 Å². The first-order valence-corrected chi connectivity index (χ1v) is 7.39. The third-order valence-electron chi connectivity index (χ3n) is 4.30. The van der Waals surface area contributed by atoms with Gasteiger partial charge in [-0.15, -0.1) is 0 Å². The number of hydrogen-bond acceptors (Lipinski definition) is 3.